The largest absolute Gasteiger partial charge is 0.390 e. The van der Waals surface area contributed by atoms with Crippen molar-refractivity contribution in [1.29, 1.82) is 0 Å². The summed E-state index contributed by atoms with van der Waals surface area (Å²) in [5.41, 5.74) is 0.284. The lowest BCUT2D eigenvalue weighted by atomic mass is 9.72. The molecular formula is C18H27N3O2. The average molecular weight is 317 g/mol. The van der Waals surface area contributed by atoms with Crippen LogP contribution in [0.2, 0.25) is 0 Å². The standard InChI is InChI=1S/C18H27N3O2/c1-18(23)10-3-2-5-15(18)16-6-4-12-21(16)17(22)8-7-14-9-11-19-13-20-14/h9,11,13,15-16,23H,2-8,10,12H2,1H3/t15-,16-,18-/m0/s1. The Labute approximate surface area is 138 Å². The Bertz CT molecular complexity index is 532. The summed E-state index contributed by atoms with van der Waals surface area (Å²) in [5, 5.41) is 10.7. The van der Waals surface area contributed by atoms with Gasteiger partial charge in [0.25, 0.3) is 0 Å². The van der Waals surface area contributed by atoms with Crippen molar-refractivity contribution in [3.8, 4) is 0 Å². The minimum Gasteiger partial charge on any atom is -0.390 e. The van der Waals surface area contributed by atoms with E-state index in [1.165, 1.54) is 12.7 Å². The third-order valence-electron chi connectivity index (χ3n) is 5.57. The highest BCUT2D eigenvalue weighted by Crippen LogP contribution is 2.40. The quantitative estimate of drug-likeness (QED) is 0.925. The van der Waals surface area contributed by atoms with E-state index in [0.29, 0.717) is 12.8 Å². The van der Waals surface area contributed by atoms with Crippen LogP contribution in [0, 0.1) is 5.92 Å². The molecule has 5 heteroatoms. The predicted octanol–water partition coefficient (Wildman–Crippen LogP) is 2.34. The van der Waals surface area contributed by atoms with Crippen molar-refractivity contribution in [3.05, 3.63) is 24.3 Å². The van der Waals surface area contributed by atoms with Crippen LogP contribution < -0.4 is 0 Å². The fraction of sp³-hybridized carbons (Fsp3) is 0.722. The van der Waals surface area contributed by atoms with Crippen LogP contribution in [0.3, 0.4) is 0 Å². The second kappa shape index (κ2) is 6.95. The van der Waals surface area contributed by atoms with Gasteiger partial charge in [-0.05, 0) is 45.1 Å². The molecule has 1 saturated carbocycles. The van der Waals surface area contributed by atoms with Crippen molar-refractivity contribution < 1.29 is 9.90 Å². The second-order valence-electron chi connectivity index (χ2n) is 7.21. The molecule has 0 radical (unpaired) electrons. The summed E-state index contributed by atoms with van der Waals surface area (Å²) < 4.78 is 0. The zero-order valence-electron chi connectivity index (χ0n) is 13.9. The number of hydrogen-bond donors (Lipinski definition) is 1. The van der Waals surface area contributed by atoms with Crippen LogP contribution in [0.1, 0.15) is 57.6 Å². The van der Waals surface area contributed by atoms with Gasteiger partial charge in [-0.2, -0.15) is 0 Å². The van der Waals surface area contributed by atoms with Gasteiger partial charge in [-0.1, -0.05) is 12.8 Å². The number of rotatable bonds is 4. The number of aliphatic hydroxyl groups is 1. The summed E-state index contributed by atoms with van der Waals surface area (Å²) in [6, 6.07) is 2.07. The van der Waals surface area contributed by atoms with E-state index in [2.05, 4.69) is 9.97 Å². The summed E-state index contributed by atoms with van der Waals surface area (Å²) in [6.45, 7) is 2.79. The SMILES string of the molecule is C[C@]1(O)CCCC[C@H]1[C@@H]1CCCN1C(=O)CCc1ccncn1. The first-order valence-corrected chi connectivity index (χ1v) is 8.85. The van der Waals surface area contributed by atoms with Crippen LogP contribution in [-0.4, -0.2) is 44.1 Å². The van der Waals surface area contributed by atoms with Crippen molar-refractivity contribution in [2.24, 2.45) is 5.92 Å². The molecule has 1 saturated heterocycles. The van der Waals surface area contributed by atoms with E-state index in [4.69, 9.17) is 0 Å². The van der Waals surface area contributed by atoms with E-state index in [9.17, 15) is 9.90 Å². The second-order valence-corrected chi connectivity index (χ2v) is 7.21. The predicted molar refractivity (Wildman–Crippen MR) is 87.7 cm³/mol. The molecule has 1 aliphatic heterocycles. The first-order valence-electron chi connectivity index (χ1n) is 8.85. The molecule has 2 fully saturated rings. The lowest BCUT2D eigenvalue weighted by Crippen LogP contribution is -2.50. The lowest BCUT2D eigenvalue weighted by molar-refractivity contribution is -0.136. The van der Waals surface area contributed by atoms with Crippen LogP contribution in [0.5, 0.6) is 0 Å². The number of aryl methyl sites for hydroxylation is 1. The van der Waals surface area contributed by atoms with Crippen molar-refractivity contribution in [3.63, 3.8) is 0 Å². The van der Waals surface area contributed by atoms with Gasteiger partial charge in [-0.3, -0.25) is 4.79 Å². The summed E-state index contributed by atoms with van der Waals surface area (Å²) in [6.07, 6.45) is 10.6. The van der Waals surface area contributed by atoms with E-state index in [1.807, 2.05) is 17.9 Å². The van der Waals surface area contributed by atoms with E-state index in [-0.39, 0.29) is 17.9 Å². The van der Waals surface area contributed by atoms with Crippen LogP contribution in [0.4, 0.5) is 0 Å². The van der Waals surface area contributed by atoms with Gasteiger partial charge < -0.3 is 10.0 Å². The smallest absolute Gasteiger partial charge is 0.223 e. The summed E-state index contributed by atoms with van der Waals surface area (Å²) >= 11 is 0. The molecule has 0 spiro atoms. The van der Waals surface area contributed by atoms with E-state index >= 15 is 0 Å². The molecule has 1 aliphatic carbocycles. The van der Waals surface area contributed by atoms with Crippen molar-refractivity contribution >= 4 is 5.91 Å². The molecule has 5 nitrogen and oxygen atoms in total. The van der Waals surface area contributed by atoms with Gasteiger partial charge in [0.15, 0.2) is 0 Å². The average Bonchev–Trinajstić information content (AvgIpc) is 3.02. The summed E-state index contributed by atoms with van der Waals surface area (Å²) in [4.78, 5) is 22.8. The lowest BCUT2D eigenvalue weighted by Gasteiger charge is -2.43. The molecule has 2 heterocycles. The van der Waals surface area contributed by atoms with Gasteiger partial charge in [-0.25, -0.2) is 9.97 Å². The molecule has 0 aromatic carbocycles. The van der Waals surface area contributed by atoms with Crippen molar-refractivity contribution in [2.75, 3.05) is 6.54 Å². The third kappa shape index (κ3) is 3.71. The van der Waals surface area contributed by atoms with Gasteiger partial charge in [-0.15, -0.1) is 0 Å². The zero-order chi connectivity index (χ0) is 16.3. The van der Waals surface area contributed by atoms with Gasteiger partial charge >= 0.3 is 0 Å². The highest BCUT2D eigenvalue weighted by Gasteiger charge is 2.44. The molecule has 3 rings (SSSR count). The number of hydrogen-bond acceptors (Lipinski definition) is 4. The molecular weight excluding hydrogens is 290 g/mol. The molecule has 23 heavy (non-hydrogen) atoms. The molecule has 1 aromatic rings. The molecule has 0 bridgehead atoms. The Balaban J connectivity index is 1.63. The first-order chi connectivity index (χ1) is 11.1. The maximum Gasteiger partial charge on any atom is 0.223 e. The monoisotopic (exact) mass is 317 g/mol. The fourth-order valence-corrected chi connectivity index (χ4v) is 4.32. The molecule has 2 aliphatic rings. The van der Waals surface area contributed by atoms with Crippen LogP contribution in [0.15, 0.2) is 18.6 Å². The van der Waals surface area contributed by atoms with Crippen LogP contribution in [-0.2, 0) is 11.2 Å². The highest BCUT2D eigenvalue weighted by molar-refractivity contribution is 5.77. The van der Waals surface area contributed by atoms with Gasteiger partial charge in [0.05, 0.1) is 5.60 Å². The molecule has 1 amide bonds. The number of nitrogens with zero attached hydrogens (tertiary/aromatic N) is 3. The van der Waals surface area contributed by atoms with E-state index in [0.717, 1.165) is 44.3 Å². The Morgan fingerprint density at radius 1 is 1.39 bits per heavy atom. The Hall–Kier alpha value is -1.49. The number of amides is 1. The van der Waals surface area contributed by atoms with Crippen molar-refractivity contribution in [2.45, 2.75) is 69.9 Å². The summed E-state index contributed by atoms with van der Waals surface area (Å²) in [5.74, 6) is 0.425. The fourth-order valence-electron chi connectivity index (χ4n) is 4.32. The zero-order valence-corrected chi connectivity index (χ0v) is 13.9. The van der Waals surface area contributed by atoms with Crippen LogP contribution in [0.25, 0.3) is 0 Å². The van der Waals surface area contributed by atoms with E-state index < -0.39 is 5.60 Å². The van der Waals surface area contributed by atoms with Gasteiger partial charge in [0.1, 0.15) is 6.33 Å². The van der Waals surface area contributed by atoms with E-state index in [1.54, 1.807) is 6.20 Å². The topological polar surface area (TPSA) is 66.3 Å². The Morgan fingerprint density at radius 2 is 2.26 bits per heavy atom. The molecule has 0 unspecified atom stereocenters. The van der Waals surface area contributed by atoms with Gasteiger partial charge in [0.2, 0.25) is 5.91 Å². The normalized spacial score (nSPS) is 31.3. The first kappa shape index (κ1) is 16.4. The number of aromatic nitrogens is 2. The molecule has 1 aromatic heterocycles. The van der Waals surface area contributed by atoms with Crippen LogP contribution >= 0.6 is 0 Å². The van der Waals surface area contributed by atoms with Crippen molar-refractivity contribution in [1.82, 2.24) is 14.9 Å². The molecule has 3 atom stereocenters. The molecule has 126 valence electrons. The summed E-state index contributed by atoms with van der Waals surface area (Å²) in [7, 11) is 0. The number of carbonyl (C=O) groups is 1. The number of likely N-dealkylation sites (tertiary alicyclic amines) is 1. The maximum atomic E-state index is 12.7. The highest BCUT2D eigenvalue weighted by atomic mass is 16.3. The third-order valence-corrected chi connectivity index (χ3v) is 5.57. The number of carbonyl (C=O) groups excluding carboxylic acids is 1. The van der Waals surface area contributed by atoms with Gasteiger partial charge in [0, 0.05) is 36.8 Å². The minimum atomic E-state index is -0.627. The molecule has 1 N–H and O–H groups in total. The Kier molecular flexibility index (Phi) is 4.95. The Morgan fingerprint density at radius 3 is 3.00 bits per heavy atom. The maximum absolute atomic E-state index is 12.7. The minimum absolute atomic E-state index is 0.201.